The predicted molar refractivity (Wildman–Crippen MR) is 139 cm³/mol. The van der Waals surface area contributed by atoms with Crippen LogP contribution in [0.1, 0.15) is 6.04 Å². The summed E-state index contributed by atoms with van der Waals surface area (Å²) in [5.41, 5.74) is 1.68. The van der Waals surface area contributed by atoms with Crippen molar-refractivity contribution < 1.29 is 31.4 Å². The average molecular weight is 588 g/mol. The highest BCUT2D eigenvalue weighted by molar-refractivity contribution is 7.91. The van der Waals surface area contributed by atoms with Gasteiger partial charge in [0.05, 0.1) is 17.0 Å². The van der Waals surface area contributed by atoms with Crippen LogP contribution in [0.25, 0.3) is 21.8 Å². The van der Waals surface area contributed by atoms with E-state index in [4.69, 9.17) is 23.2 Å². The van der Waals surface area contributed by atoms with Gasteiger partial charge in [-0.25, -0.2) is 8.42 Å². The van der Waals surface area contributed by atoms with Crippen LogP contribution in [0.5, 0.6) is 5.75 Å². The first-order valence-electron chi connectivity index (χ1n) is 11.5. The van der Waals surface area contributed by atoms with Crippen molar-refractivity contribution in [3.63, 3.8) is 0 Å². The summed E-state index contributed by atoms with van der Waals surface area (Å²) in [6.45, 7) is 0.733. The molecule has 4 aromatic rings. The fraction of sp³-hybridized carbons (Fsp3) is 0.280. The number of sulfone groups is 1. The molecule has 2 heterocycles. The number of nitrogens with zero attached hydrogens (tertiary/aromatic N) is 1. The van der Waals surface area contributed by atoms with E-state index in [1.807, 2.05) is 28.8 Å². The second kappa shape index (κ2) is 10.2. The molecule has 0 radical (unpaired) electrons. The summed E-state index contributed by atoms with van der Waals surface area (Å²) < 4.78 is 68.6. The molecule has 5 rings (SSSR count). The molecule has 13 heteroatoms. The summed E-state index contributed by atoms with van der Waals surface area (Å²) in [5, 5.41) is 20.4. The van der Waals surface area contributed by atoms with Crippen LogP contribution in [0.15, 0.2) is 65.6 Å². The number of benzene rings is 3. The van der Waals surface area contributed by atoms with Gasteiger partial charge in [-0.15, -0.1) is 13.2 Å². The molecule has 7 nitrogen and oxygen atoms in total. The zero-order valence-corrected chi connectivity index (χ0v) is 21.9. The minimum absolute atomic E-state index is 0.175. The first kappa shape index (κ1) is 27.0. The number of hydrogen-bond donors (Lipinski definition) is 3. The van der Waals surface area contributed by atoms with Crippen molar-refractivity contribution in [2.75, 3.05) is 19.0 Å². The lowest BCUT2D eigenvalue weighted by Crippen LogP contribution is -2.57. The Bertz CT molecular complexity index is 1530. The van der Waals surface area contributed by atoms with Gasteiger partial charge in [0.15, 0.2) is 9.84 Å². The Kier molecular flexibility index (Phi) is 7.27. The number of aliphatic hydroxyl groups excluding tert-OH is 1. The lowest BCUT2D eigenvalue weighted by Gasteiger charge is -2.37. The fourth-order valence-corrected chi connectivity index (χ4v) is 6.33. The molecule has 0 amide bonds. The largest absolute Gasteiger partial charge is 0.573 e. The molecule has 3 N–H and O–H groups in total. The summed E-state index contributed by atoms with van der Waals surface area (Å²) >= 11 is 12.5. The van der Waals surface area contributed by atoms with Crippen LogP contribution >= 0.6 is 23.2 Å². The minimum Gasteiger partial charge on any atom is -0.406 e. The molecule has 0 aliphatic carbocycles. The van der Waals surface area contributed by atoms with E-state index in [2.05, 4.69) is 15.4 Å². The molecule has 38 heavy (non-hydrogen) atoms. The molecule has 0 spiro atoms. The third-order valence-electron chi connectivity index (χ3n) is 6.53. The van der Waals surface area contributed by atoms with Crippen molar-refractivity contribution >= 4 is 54.8 Å². The smallest absolute Gasteiger partial charge is 0.406 e. The van der Waals surface area contributed by atoms with Crippen molar-refractivity contribution in [2.45, 2.75) is 29.4 Å². The van der Waals surface area contributed by atoms with Crippen LogP contribution in [0.3, 0.4) is 0 Å². The molecule has 202 valence electrons. The maximum Gasteiger partial charge on any atom is 0.573 e. The Hall–Kier alpha value is -2.54. The van der Waals surface area contributed by atoms with E-state index in [0.29, 0.717) is 23.1 Å². The molecule has 3 atom stereocenters. The Balaban J connectivity index is 1.38. The van der Waals surface area contributed by atoms with Gasteiger partial charge in [-0.2, -0.15) is 0 Å². The first-order valence-corrected chi connectivity index (χ1v) is 13.9. The SMILES string of the molecule is O=S(=O)(CN[C@@H]1CNC[C@H](n2c3ccc(Cl)cc3c3cc(Cl)ccc32)[C@H]1O)c1ccc(OC(F)(F)F)cc1. The van der Waals surface area contributed by atoms with E-state index in [1.54, 1.807) is 12.1 Å². The number of alkyl halides is 3. The number of aromatic nitrogens is 1. The van der Waals surface area contributed by atoms with Crippen LogP contribution in [0.4, 0.5) is 13.2 Å². The number of fused-ring (bicyclic) bond motifs is 3. The molecule has 0 saturated carbocycles. The molecule has 1 saturated heterocycles. The van der Waals surface area contributed by atoms with E-state index in [-0.39, 0.29) is 4.90 Å². The third-order valence-corrected chi connectivity index (χ3v) is 8.54. The topological polar surface area (TPSA) is 92.6 Å². The standard InChI is InChI=1S/C25H22Cl2F3N3O4S/c26-14-1-7-21-18(9-14)19-10-15(27)2-8-22(19)33(21)23-12-31-11-20(24(23)34)32-13-38(35,36)17-5-3-16(4-6-17)37-25(28,29)30/h1-10,20,23-24,31-32,34H,11-13H2/t20-,23+,24+/m1/s1. The summed E-state index contributed by atoms with van der Waals surface area (Å²) in [7, 11) is -3.92. The van der Waals surface area contributed by atoms with Gasteiger partial charge in [-0.3, -0.25) is 5.32 Å². The van der Waals surface area contributed by atoms with Gasteiger partial charge in [0.25, 0.3) is 0 Å². The van der Waals surface area contributed by atoms with Crippen molar-refractivity contribution in [3.8, 4) is 5.75 Å². The maximum absolute atomic E-state index is 12.8. The van der Waals surface area contributed by atoms with Crippen molar-refractivity contribution in [2.24, 2.45) is 0 Å². The zero-order valence-electron chi connectivity index (χ0n) is 19.5. The molecule has 1 aliphatic rings. The number of aliphatic hydroxyl groups is 1. The second-order valence-electron chi connectivity index (χ2n) is 9.00. The van der Waals surface area contributed by atoms with Gasteiger partial charge in [0.1, 0.15) is 11.6 Å². The monoisotopic (exact) mass is 587 g/mol. The lowest BCUT2D eigenvalue weighted by atomic mass is 9.98. The van der Waals surface area contributed by atoms with Gasteiger partial charge >= 0.3 is 6.36 Å². The number of halogens is 5. The van der Waals surface area contributed by atoms with Gasteiger partial charge in [-0.05, 0) is 60.7 Å². The molecule has 1 fully saturated rings. The average Bonchev–Trinajstić information content (AvgIpc) is 3.15. The van der Waals surface area contributed by atoms with Crippen molar-refractivity contribution in [1.82, 2.24) is 15.2 Å². The normalized spacial score (nSPS) is 20.7. The Morgan fingerprint density at radius 3 is 2.11 bits per heavy atom. The zero-order chi connectivity index (χ0) is 27.2. The van der Waals surface area contributed by atoms with E-state index in [1.165, 1.54) is 0 Å². The van der Waals surface area contributed by atoms with Crippen LogP contribution in [0, 0.1) is 0 Å². The Morgan fingerprint density at radius 2 is 1.55 bits per heavy atom. The van der Waals surface area contributed by atoms with E-state index in [9.17, 15) is 26.7 Å². The molecular weight excluding hydrogens is 566 g/mol. The van der Waals surface area contributed by atoms with Crippen molar-refractivity contribution in [3.05, 3.63) is 70.7 Å². The summed E-state index contributed by atoms with van der Waals surface area (Å²) in [5.74, 6) is -1.05. The van der Waals surface area contributed by atoms with Crippen LogP contribution in [-0.4, -0.2) is 55.6 Å². The summed E-state index contributed by atoms with van der Waals surface area (Å²) in [4.78, 5) is -0.175. The van der Waals surface area contributed by atoms with E-state index < -0.39 is 46.0 Å². The first-order chi connectivity index (χ1) is 17.9. The number of nitrogens with one attached hydrogen (secondary N) is 2. The number of ether oxygens (including phenoxy) is 1. The molecule has 1 aromatic heterocycles. The van der Waals surface area contributed by atoms with Crippen LogP contribution in [0.2, 0.25) is 10.0 Å². The maximum atomic E-state index is 12.8. The van der Waals surface area contributed by atoms with Gasteiger partial charge in [0.2, 0.25) is 0 Å². The fourth-order valence-electron chi connectivity index (χ4n) is 4.84. The molecule has 0 bridgehead atoms. The Morgan fingerprint density at radius 1 is 0.974 bits per heavy atom. The molecular formula is C25H22Cl2F3N3O4S. The number of rotatable bonds is 6. The summed E-state index contributed by atoms with van der Waals surface area (Å²) in [6.07, 6.45) is -5.85. The lowest BCUT2D eigenvalue weighted by molar-refractivity contribution is -0.274. The highest BCUT2D eigenvalue weighted by Gasteiger charge is 2.35. The second-order valence-corrected chi connectivity index (χ2v) is 11.9. The highest BCUT2D eigenvalue weighted by atomic mass is 35.5. The quantitative estimate of drug-likeness (QED) is 0.297. The van der Waals surface area contributed by atoms with Gasteiger partial charge in [-0.1, -0.05) is 23.2 Å². The minimum atomic E-state index is -4.88. The summed E-state index contributed by atoms with van der Waals surface area (Å²) in [6, 6.07) is 13.8. The van der Waals surface area contributed by atoms with E-state index >= 15 is 0 Å². The van der Waals surface area contributed by atoms with E-state index in [0.717, 1.165) is 46.1 Å². The van der Waals surface area contributed by atoms with Gasteiger partial charge in [0, 0.05) is 51.0 Å². The highest BCUT2D eigenvalue weighted by Crippen LogP contribution is 2.36. The molecule has 1 aliphatic heterocycles. The third kappa shape index (κ3) is 5.45. The number of hydrogen-bond acceptors (Lipinski definition) is 6. The van der Waals surface area contributed by atoms with Gasteiger partial charge < -0.3 is 19.7 Å². The van der Waals surface area contributed by atoms with Crippen LogP contribution < -0.4 is 15.4 Å². The molecule has 0 unspecified atom stereocenters. The Labute approximate surface area is 226 Å². The molecule has 3 aromatic carbocycles. The number of piperidine rings is 1. The predicted octanol–water partition coefficient (Wildman–Crippen LogP) is 4.89. The van der Waals surface area contributed by atoms with Crippen molar-refractivity contribution in [1.29, 1.82) is 0 Å². The van der Waals surface area contributed by atoms with Crippen LogP contribution in [-0.2, 0) is 9.84 Å².